The number of hydrogen-bond donors (Lipinski definition) is 0. The van der Waals surface area contributed by atoms with Crippen LogP contribution in [0.5, 0.6) is 0 Å². The fourth-order valence-electron chi connectivity index (χ4n) is 3.74. The van der Waals surface area contributed by atoms with Crippen LogP contribution < -0.4 is 5.63 Å². The van der Waals surface area contributed by atoms with Crippen molar-refractivity contribution in [1.82, 2.24) is 9.97 Å². The maximum atomic E-state index is 12.1. The zero-order valence-corrected chi connectivity index (χ0v) is 21.9. The Bertz CT molecular complexity index is 1700. The van der Waals surface area contributed by atoms with Crippen molar-refractivity contribution in [3.8, 4) is 0 Å². The molecule has 9 nitrogen and oxygen atoms in total. The molecule has 6 rings (SSSR count). The average Bonchev–Trinajstić information content (AvgIpc) is 2.92. The minimum atomic E-state index is -0.614. The first-order valence-corrected chi connectivity index (χ1v) is 11.1. The van der Waals surface area contributed by atoms with Crippen molar-refractivity contribution in [2.24, 2.45) is 0 Å². The zero-order chi connectivity index (χ0) is 24.0. The van der Waals surface area contributed by atoms with Crippen LogP contribution >= 0.6 is 0 Å². The number of rotatable bonds is 3. The number of para-hydroxylation sites is 1. The molecule has 0 aliphatic carbocycles. The number of carbonyl (C=O) groups is 1. The molecule has 0 saturated carbocycles. The molecule has 0 unspecified atom stereocenters. The molecule has 0 saturated heterocycles. The Morgan fingerprint density at radius 1 is 0.650 bits per heavy atom. The normalized spacial score (nSPS) is 9.60. The van der Waals surface area contributed by atoms with Crippen LogP contribution in [-0.4, -0.2) is 37.7 Å². The van der Waals surface area contributed by atoms with Crippen LogP contribution in [0.25, 0.3) is 38.9 Å². The van der Waals surface area contributed by atoms with E-state index in [0.29, 0.717) is 5.58 Å². The second-order valence-electron chi connectivity index (χ2n) is 7.81. The quantitative estimate of drug-likeness (QED) is 0.0998. The molecular weight excluding hydrogens is 564 g/mol. The van der Waals surface area contributed by atoms with Gasteiger partial charge in [0.05, 0.1) is 11.0 Å². The third kappa shape index (κ3) is 7.98. The fourth-order valence-corrected chi connectivity index (χ4v) is 3.74. The summed E-state index contributed by atoms with van der Waals surface area (Å²) < 4.78 is 5.16. The van der Waals surface area contributed by atoms with Crippen molar-refractivity contribution in [2.45, 2.75) is 0 Å². The van der Waals surface area contributed by atoms with E-state index in [1.807, 2.05) is 48.5 Å². The van der Waals surface area contributed by atoms with Crippen LogP contribution in [0.2, 0.25) is 0 Å². The van der Waals surface area contributed by atoms with Crippen molar-refractivity contribution in [3.05, 3.63) is 137 Å². The van der Waals surface area contributed by atoms with E-state index in [4.69, 9.17) is 4.42 Å². The van der Waals surface area contributed by atoms with E-state index in [0.717, 1.165) is 32.8 Å². The van der Waals surface area contributed by atoms with Crippen LogP contribution in [0.15, 0.2) is 125 Å². The number of hydrogen-bond acceptors (Lipinski definition) is 5. The van der Waals surface area contributed by atoms with Crippen LogP contribution in [0.3, 0.4) is 0 Å². The van der Waals surface area contributed by atoms with Gasteiger partial charge in [-0.25, -0.2) is 4.79 Å². The summed E-state index contributed by atoms with van der Waals surface area (Å²) in [6, 6.07) is 30.2. The van der Waals surface area contributed by atoms with Gasteiger partial charge in [-0.1, -0.05) is 78.9 Å². The van der Waals surface area contributed by atoms with Gasteiger partial charge in [-0.2, -0.15) is 0 Å². The van der Waals surface area contributed by atoms with Gasteiger partial charge >= 0.3 is 5.63 Å². The molecule has 10 heteroatoms. The molecule has 6 aromatic rings. The van der Waals surface area contributed by atoms with Crippen molar-refractivity contribution in [3.63, 3.8) is 0 Å². The molecular formula is C30H28CuN2O7. The Labute approximate surface area is 239 Å². The molecule has 0 aliphatic rings. The Kier molecular flexibility index (Phi) is 14.6. The Morgan fingerprint density at radius 2 is 1.18 bits per heavy atom. The van der Waals surface area contributed by atoms with Gasteiger partial charge < -0.3 is 26.3 Å². The van der Waals surface area contributed by atoms with Gasteiger partial charge in [0.2, 0.25) is 0 Å². The van der Waals surface area contributed by atoms with Crippen molar-refractivity contribution in [1.29, 1.82) is 0 Å². The van der Waals surface area contributed by atoms with Gasteiger partial charge in [0.1, 0.15) is 11.1 Å². The van der Waals surface area contributed by atoms with Crippen LogP contribution in [-0.2, 0) is 17.1 Å². The third-order valence-electron chi connectivity index (χ3n) is 5.48. The molecule has 1 radical (unpaired) electrons. The Morgan fingerprint density at radius 3 is 1.77 bits per heavy atom. The van der Waals surface area contributed by atoms with Crippen LogP contribution in [0.4, 0.5) is 0 Å². The number of fused-ring (bicyclic) bond motifs is 4. The summed E-state index contributed by atoms with van der Waals surface area (Å²) in [6.45, 7) is 0. The molecule has 3 aromatic carbocycles. The first-order valence-electron chi connectivity index (χ1n) is 11.1. The van der Waals surface area contributed by atoms with E-state index in [-0.39, 0.29) is 50.3 Å². The van der Waals surface area contributed by atoms with E-state index < -0.39 is 5.63 Å². The number of benzene rings is 3. The van der Waals surface area contributed by atoms with Crippen molar-refractivity contribution in [2.75, 3.05) is 0 Å². The molecule has 0 spiro atoms. The maximum Gasteiger partial charge on any atom is 0.347 e. The fraction of sp³-hybridized carbons (Fsp3) is 0. The molecule has 0 bridgehead atoms. The number of pyridine rings is 2. The van der Waals surface area contributed by atoms with E-state index in [1.165, 1.54) is 6.08 Å². The molecule has 211 valence electrons. The SMILES string of the molecule is O.O.O.O.O=C(/C=C/c1ccccc1)c1cc2ccccc2oc1=O.[Cu].c1cnc2c(c1)ccc1cccnc12. The predicted molar refractivity (Wildman–Crippen MR) is 154 cm³/mol. The molecule has 3 heterocycles. The van der Waals surface area contributed by atoms with E-state index in [2.05, 4.69) is 34.2 Å². The Hall–Kier alpha value is -4.54. The molecule has 3 aromatic heterocycles. The molecule has 40 heavy (non-hydrogen) atoms. The summed E-state index contributed by atoms with van der Waals surface area (Å²) in [5, 5.41) is 3.01. The number of ketones is 1. The summed E-state index contributed by atoms with van der Waals surface area (Å²) in [5.41, 5.74) is 2.76. The molecule has 8 N–H and O–H groups in total. The Balaban J connectivity index is 0.000000712. The second-order valence-corrected chi connectivity index (χ2v) is 7.81. The minimum absolute atomic E-state index is 0. The number of carbonyl (C=O) groups excluding carboxylic acids is 1. The van der Waals surface area contributed by atoms with Crippen LogP contribution in [0, 0.1) is 0 Å². The van der Waals surface area contributed by atoms with E-state index in [1.54, 1.807) is 42.7 Å². The van der Waals surface area contributed by atoms with Gasteiger partial charge in [-0.3, -0.25) is 14.8 Å². The molecule has 0 fully saturated rings. The van der Waals surface area contributed by atoms with Crippen molar-refractivity contribution < 1.29 is 48.2 Å². The van der Waals surface area contributed by atoms with Gasteiger partial charge in [-0.15, -0.1) is 0 Å². The summed E-state index contributed by atoms with van der Waals surface area (Å²) in [7, 11) is 0. The van der Waals surface area contributed by atoms with E-state index >= 15 is 0 Å². The third-order valence-corrected chi connectivity index (χ3v) is 5.48. The summed E-state index contributed by atoms with van der Waals surface area (Å²) >= 11 is 0. The first-order chi connectivity index (χ1) is 17.2. The molecule has 0 amide bonds. The van der Waals surface area contributed by atoms with E-state index in [9.17, 15) is 9.59 Å². The number of allylic oxidation sites excluding steroid dienone is 1. The monoisotopic (exact) mass is 591 g/mol. The number of nitrogens with zero attached hydrogens (tertiary/aromatic N) is 2. The second kappa shape index (κ2) is 16.4. The first kappa shape index (κ1) is 35.5. The summed E-state index contributed by atoms with van der Waals surface area (Å²) in [5.74, 6) is -0.363. The zero-order valence-electron chi connectivity index (χ0n) is 21.0. The minimum Gasteiger partial charge on any atom is -0.422 e. The maximum absolute atomic E-state index is 12.1. The summed E-state index contributed by atoms with van der Waals surface area (Å²) in [6.07, 6.45) is 6.67. The number of aromatic nitrogens is 2. The smallest absolute Gasteiger partial charge is 0.347 e. The molecule has 0 aliphatic heterocycles. The predicted octanol–water partition coefficient (Wildman–Crippen LogP) is 3.17. The van der Waals surface area contributed by atoms with Crippen molar-refractivity contribution >= 4 is 44.6 Å². The van der Waals surface area contributed by atoms with Gasteiger partial charge in [0.25, 0.3) is 0 Å². The average molecular weight is 592 g/mol. The van der Waals surface area contributed by atoms with Crippen LogP contribution in [0.1, 0.15) is 15.9 Å². The topological polar surface area (TPSA) is 199 Å². The standard InChI is InChI=1S/C18H12O3.C12H8N2.Cu.4H2O/c19-16(11-10-13-6-2-1-3-7-13)15-12-14-8-4-5-9-17(14)21-18(15)20;1-3-9-5-6-10-4-2-8-14-12(10)11(9)13-7-1;;;;;/h1-12H;1-8H;;4*1H2/b11-10+;;;;;;. The summed E-state index contributed by atoms with van der Waals surface area (Å²) in [4.78, 5) is 32.7. The largest absolute Gasteiger partial charge is 0.422 e. The van der Waals surface area contributed by atoms with Gasteiger partial charge in [0.15, 0.2) is 5.78 Å². The van der Waals surface area contributed by atoms with Gasteiger partial charge in [0, 0.05) is 45.6 Å². The molecule has 0 atom stereocenters. The van der Waals surface area contributed by atoms with Gasteiger partial charge in [-0.05, 0) is 35.9 Å².